The molecule has 0 heterocycles. The summed E-state index contributed by atoms with van der Waals surface area (Å²) in [6, 6.07) is 0. The van der Waals surface area contributed by atoms with Crippen molar-refractivity contribution >= 4 is 14.2 Å². The van der Waals surface area contributed by atoms with Crippen LogP contribution in [0.1, 0.15) is 65.7 Å². The van der Waals surface area contributed by atoms with E-state index >= 15 is 0 Å². The summed E-state index contributed by atoms with van der Waals surface area (Å²) < 4.78 is 20.8. The van der Waals surface area contributed by atoms with E-state index in [1.807, 2.05) is 0 Å². The molecule has 1 atom stereocenters. The minimum absolute atomic E-state index is 0.245. The van der Waals surface area contributed by atoms with E-state index in [-0.39, 0.29) is 12.6 Å². The van der Waals surface area contributed by atoms with Gasteiger partial charge in [-0.1, -0.05) is 33.3 Å². The van der Waals surface area contributed by atoms with Crippen molar-refractivity contribution in [1.29, 1.82) is 0 Å². The van der Waals surface area contributed by atoms with Crippen LogP contribution in [0.2, 0.25) is 0 Å². The summed E-state index contributed by atoms with van der Waals surface area (Å²) in [4.78, 5) is 20.4. The van der Waals surface area contributed by atoms with Crippen LogP contribution in [0.3, 0.4) is 0 Å². The molecule has 21 heavy (non-hydrogen) atoms. The Balaban J connectivity index is 4.57. The minimum atomic E-state index is -2.53. The summed E-state index contributed by atoms with van der Waals surface area (Å²) in [5.74, 6) is -0.341. The summed E-state index contributed by atoms with van der Waals surface area (Å²) in [6.45, 7) is 9.66. The van der Waals surface area contributed by atoms with Crippen molar-refractivity contribution in [3.8, 4) is 0 Å². The van der Waals surface area contributed by atoms with E-state index in [9.17, 15) is 9.36 Å². The third-order valence-electron chi connectivity index (χ3n) is 3.30. The van der Waals surface area contributed by atoms with Gasteiger partial charge in [-0.15, -0.1) is 9.42 Å². The standard InChI is InChI=1S/C15H27O5P/c1-5-9-15(10-6-2,20-14(16)13(3)4)11-7-8-12-19-21(17)18/h3,5-12H2,1-2,4H3/p+1. The zero-order valence-electron chi connectivity index (χ0n) is 13.4. The van der Waals surface area contributed by atoms with Gasteiger partial charge in [0, 0.05) is 10.1 Å². The Morgan fingerprint density at radius 3 is 2.19 bits per heavy atom. The van der Waals surface area contributed by atoms with Crippen molar-refractivity contribution in [2.45, 2.75) is 71.3 Å². The van der Waals surface area contributed by atoms with E-state index in [4.69, 9.17) is 9.63 Å². The molecule has 0 aromatic carbocycles. The molecular weight excluding hydrogens is 291 g/mol. The lowest BCUT2D eigenvalue weighted by Gasteiger charge is -2.33. The number of rotatable bonds is 12. The van der Waals surface area contributed by atoms with Crippen LogP contribution in [0, 0.1) is 0 Å². The molecule has 0 fully saturated rings. The Kier molecular flexibility index (Phi) is 10.5. The molecule has 0 aliphatic carbocycles. The van der Waals surface area contributed by atoms with E-state index in [0.717, 1.165) is 38.5 Å². The van der Waals surface area contributed by atoms with Gasteiger partial charge in [0.05, 0.1) is 0 Å². The third kappa shape index (κ3) is 8.97. The molecule has 0 bridgehead atoms. The maximum atomic E-state index is 11.9. The number of esters is 1. The number of hydrogen-bond acceptors (Lipinski definition) is 4. The smallest absolute Gasteiger partial charge is 0.456 e. The van der Waals surface area contributed by atoms with Gasteiger partial charge in [0.15, 0.2) is 0 Å². The van der Waals surface area contributed by atoms with Crippen molar-refractivity contribution in [2.75, 3.05) is 6.61 Å². The van der Waals surface area contributed by atoms with Crippen LogP contribution in [0.4, 0.5) is 0 Å². The van der Waals surface area contributed by atoms with Crippen molar-refractivity contribution in [1.82, 2.24) is 0 Å². The lowest BCUT2D eigenvalue weighted by molar-refractivity contribution is -0.157. The Bertz CT molecular complexity index is 348. The predicted molar refractivity (Wildman–Crippen MR) is 83.1 cm³/mol. The van der Waals surface area contributed by atoms with Crippen molar-refractivity contribution in [3.63, 3.8) is 0 Å². The maximum Gasteiger partial charge on any atom is 0.694 e. The summed E-state index contributed by atoms with van der Waals surface area (Å²) in [6.07, 6.45) is 5.68. The highest BCUT2D eigenvalue weighted by molar-refractivity contribution is 7.32. The van der Waals surface area contributed by atoms with Crippen LogP contribution >= 0.6 is 8.25 Å². The molecule has 0 saturated carbocycles. The lowest BCUT2D eigenvalue weighted by Crippen LogP contribution is -2.35. The highest BCUT2D eigenvalue weighted by atomic mass is 31.1. The fraction of sp³-hybridized carbons (Fsp3) is 0.800. The SMILES string of the molecule is C=C(C)C(=O)OC(CCC)(CCC)CCCCO[P+](=O)O. The average molecular weight is 319 g/mol. The van der Waals surface area contributed by atoms with Gasteiger partial charge in [-0.25, -0.2) is 4.79 Å². The topological polar surface area (TPSA) is 72.8 Å². The molecule has 0 saturated heterocycles. The van der Waals surface area contributed by atoms with Gasteiger partial charge in [0.25, 0.3) is 0 Å². The second kappa shape index (κ2) is 10.9. The number of unbranched alkanes of at least 4 members (excludes halogenated alkanes) is 1. The van der Waals surface area contributed by atoms with Gasteiger partial charge < -0.3 is 4.74 Å². The number of ether oxygens (including phenoxy) is 1. The minimum Gasteiger partial charge on any atom is -0.456 e. The molecular formula is C15H28O5P+. The van der Waals surface area contributed by atoms with E-state index in [0.29, 0.717) is 12.0 Å². The molecule has 0 spiro atoms. The summed E-state index contributed by atoms with van der Waals surface area (Å²) in [5, 5.41) is 0. The van der Waals surface area contributed by atoms with Gasteiger partial charge in [-0.05, 0) is 39.0 Å². The van der Waals surface area contributed by atoms with Crippen molar-refractivity contribution in [3.05, 3.63) is 12.2 Å². The first-order valence-electron chi connectivity index (χ1n) is 7.54. The monoisotopic (exact) mass is 319 g/mol. The quantitative estimate of drug-likeness (QED) is 0.251. The molecule has 0 aliphatic rings. The van der Waals surface area contributed by atoms with Crippen LogP contribution in [0.25, 0.3) is 0 Å². The molecule has 5 nitrogen and oxygen atoms in total. The lowest BCUT2D eigenvalue weighted by atomic mass is 9.87. The van der Waals surface area contributed by atoms with Gasteiger partial charge in [0.1, 0.15) is 12.2 Å². The highest BCUT2D eigenvalue weighted by Gasteiger charge is 2.32. The Labute approximate surface area is 128 Å². The van der Waals surface area contributed by atoms with E-state index in [1.165, 1.54) is 0 Å². The number of carbonyl (C=O) groups excluding carboxylic acids is 1. The molecule has 1 unspecified atom stereocenters. The van der Waals surface area contributed by atoms with Crippen LogP contribution in [-0.2, 0) is 18.6 Å². The van der Waals surface area contributed by atoms with Gasteiger partial charge in [-0.3, -0.25) is 0 Å². The van der Waals surface area contributed by atoms with Gasteiger partial charge in [-0.2, -0.15) is 0 Å². The Morgan fingerprint density at radius 2 is 1.76 bits per heavy atom. The van der Waals surface area contributed by atoms with Crippen molar-refractivity contribution in [2.24, 2.45) is 0 Å². The van der Waals surface area contributed by atoms with Crippen LogP contribution < -0.4 is 0 Å². The van der Waals surface area contributed by atoms with Crippen LogP contribution in [-0.4, -0.2) is 23.1 Å². The average Bonchev–Trinajstić information content (AvgIpc) is 2.38. The normalized spacial score (nSPS) is 12.1. The second-order valence-electron chi connectivity index (χ2n) is 5.38. The van der Waals surface area contributed by atoms with Crippen LogP contribution in [0.5, 0.6) is 0 Å². The Morgan fingerprint density at radius 1 is 1.19 bits per heavy atom. The summed E-state index contributed by atoms with van der Waals surface area (Å²) in [7, 11) is -2.53. The third-order valence-corrected chi connectivity index (χ3v) is 3.70. The van der Waals surface area contributed by atoms with Gasteiger partial charge >= 0.3 is 14.2 Å². The largest absolute Gasteiger partial charge is 0.694 e. The summed E-state index contributed by atoms with van der Waals surface area (Å²) in [5.41, 5.74) is -0.0480. The zero-order valence-corrected chi connectivity index (χ0v) is 14.3. The van der Waals surface area contributed by atoms with E-state index < -0.39 is 13.9 Å². The van der Waals surface area contributed by atoms with Crippen molar-refractivity contribution < 1.29 is 23.5 Å². The zero-order chi connectivity index (χ0) is 16.3. The summed E-state index contributed by atoms with van der Waals surface area (Å²) >= 11 is 0. The fourth-order valence-electron chi connectivity index (χ4n) is 2.41. The maximum absolute atomic E-state index is 11.9. The molecule has 122 valence electrons. The first-order chi connectivity index (χ1) is 9.87. The van der Waals surface area contributed by atoms with Gasteiger partial charge in [0.2, 0.25) is 0 Å². The first kappa shape index (κ1) is 20.2. The molecule has 0 amide bonds. The predicted octanol–water partition coefficient (Wildman–Crippen LogP) is 4.28. The first-order valence-corrected chi connectivity index (χ1v) is 8.67. The number of hydrogen-bond donors (Lipinski definition) is 1. The second-order valence-corrected chi connectivity index (χ2v) is 6.11. The van der Waals surface area contributed by atoms with E-state index in [2.05, 4.69) is 25.0 Å². The molecule has 0 rings (SSSR count). The number of carbonyl (C=O) groups is 1. The molecule has 0 aromatic rings. The molecule has 1 N–H and O–H groups in total. The molecule has 0 radical (unpaired) electrons. The van der Waals surface area contributed by atoms with E-state index in [1.54, 1.807) is 6.92 Å². The highest BCUT2D eigenvalue weighted by Crippen LogP contribution is 2.31. The molecule has 0 aromatic heterocycles. The molecule has 6 heteroatoms. The van der Waals surface area contributed by atoms with Crippen LogP contribution in [0.15, 0.2) is 12.2 Å². The molecule has 0 aliphatic heterocycles. The Hall–Kier alpha value is -0.770. The fourth-order valence-corrected chi connectivity index (χ4v) is 2.70.